The third-order valence-corrected chi connectivity index (χ3v) is 5.22. The summed E-state index contributed by atoms with van der Waals surface area (Å²) in [5.41, 5.74) is 1.12. The van der Waals surface area contributed by atoms with Crippen molar-refractivity contribution in [1.82, 2.24) is 5.32 Å². The van der Waals surface area contributed by atoms with Crippen LogP contribution in [0.2, 0.25) is 5.02 Å². The Bertz CT molecular complexity index is 823. The molecule has 29 heavy (non-hydrogen) atoms. The number of carboxylic acid groups (broad SMARTS) is 1. The molecule has 0 spiro atoms. The molecule has 2 atom stereocenters. The molecule has 0 saturated carbocycles. The standard InChI is InChI=1S/C23H28ClNO4/c1-4-5-14-19(21(26)27)25-22(28)29-20(16-10-7-6-8-11-16)23(2,3)17-12-9-13-18(24)15-17/h6-13,15,19-20H,4-5,14H2,1-3H3,(H,25,28)(H,26,27)/t19-,20-/m0/s1. The summed E-state index contributed by atoms with van der Waals surface area (Å²) < 4.78 is 5.80. The van der Waals surface area contributed by atoms with Crippen LogP contribution < -0.4 is 5.32 Å². The topological polar surface area (TPSA) is 75.6 Å². The third-order valence-electron chi connectivity index (χ3n) is 4.99. The van der Waals surface area contributed by atoms with E-state index >= 15 is 0 Å². The molecule has 2 N–H and O–H groups in total. The Morgan fingerprint density at radius 3 is 2.41 bits per heavy atom. The average molecular weight is 418 g/mol. The maximum atomic E-state index is 12.6. The van der Waals surface area contributed by atoms with Crippen LogP contribution in [0.1, 0.15) is 57.3 Å². The molecule has 0 aliphatic rings. The molecule has 0 bridgehead atoms. The number of carbonyl (C=O) groups is 2. The van der Waals surface area contributed by atoms with Crippen LogP contribution in [0.25, 0.3) is 0 Å². The Labute approximate surface area is 177 Å². The first-order valence-electron chi connectivity index (χ1n) is 9.76. The van der Waals surface area contributed by atoms with Gasteiger partial charge >= 0.3 is 12.1 Å². The molecule has 2 rings (SSSR count). The smallest absolute Gasteiger partial charge is 0.408 e. The minimum Gasteiger partial charge on any atom is -0.480 e. The number of halogens is 1. The lowest BCUT2D eigenvalue weighted by Crippen LogP contribution is -2.43. The molecule has 0 aliphatic carbocycles. The van der Waals surface area contributed by atoms with Crippen LogP contribution in [0.5, 0.6) is 0 Å². The average Bonchev–Trinajstić information content (AvgIpc) is 2.69. The summed E-state index contributed by atoms with van der Waals surface area (Å²) >= 11 is 6.17. The van der Waals surface area contributed by atoms with Gasteiger partial charge in [0, 0.05) is 10.4 Å². The highest BCUT2D eigenvalue weighted by molar-refractivity contribution is 6.30. The van der Waals surface area contributed by atoms with E-state index in [-0.39, 0.29) is 0 Å². The van der Waals surface area contributed by atoms with Crippen molar-refractivity contribution in [3.8, 4) is 0 Å². The molecule has 0 unspecified atom stereocenters. The van der Waals surface area contributed by atoms with Gasteiger partial charge in [0.2, 0.25) is 0 Å². The van der Waals surface area contributed by atoms with Crippen LogP contribution >= 0.6 is 11.6 Å². The van der Waals surface area contributed by atoms with Crippen LogP contribution in [-0.2, 0) is 14.9 Å². The fourth-order valence-electron chi connectivity index (χ4n) is 3.25. The zero-order valence-electron chi connectivity index (χ0n) is 17.0. The van der Waals surface area contributed by atoms with Gasteiger partial charge in [0.05, 0.1) is 0 Å². The van der Waals surface area contributed by atoms with Crippen molar-refractivity contribution >= 4 is 23.7 Å². The summed E-state index contributed by atoms with van der Waals surface area (Å²) in [4.78, 5) is 24.1. The van der Waals surface area contributed by atoms with Crippen molar-refractivity contribution < 1.29 is 19.4 Å². The van der Waals surface area contributed by atoms with E-state index < -0.39 is 29.6 Å². The molecule has 5 nitrogen and oxygen atoms in total. The summed E-state index contributed by atoms with van der Waals surface area (Å²) in [7, 11) is 0. The van der Waals surface area contributed by atoms with Gasteiger partial charge in [0.15, 0.2) is 0 Å². The van der Waals surface area contributed by atoms with E-state index in [1.54, 1.807) is 6.07 Å². The fourth-order valence-corrected chi connectivity index (χ4v) is 3.44. The first-order chi connectivity index (χ1) is 13.8. The monoisotopic (exact) mass is 417 g/mol. The van der Waals surface area contributed by atoms with Gasteiger partial charge in [-0.05, 0) is 29.7 Å². The SMILES string of the molecule is CCCC[C@H](NC(=O)O[C@@H](c1ccccc1)C(C)(C)c1cccc(Cl)c1)C(=O)O. The molecule has 0 radical (unpaired) electrons. The molecule has 0 aromatic heterocycles. The van der Waals surface area contributed by atoms with Crippen LogP contribution in [0.3, 0.4) is 0 Å². The number of carboxylic acids is 1. The summed E-state index contributed by atoms with van der Waals surface area (Å²) in [5, 5.41) is 12.5. The highest BCUT2D eigenvalue weighted by atomic mass is 35.5. The Kier molecular flexibility index (Phi) is 8.09. The predicted molar refractivity (Wildman–Crippen MR) is 114 cm³/mol. The number of hydrogen-bond donors (Lipinski definition) is 2. The van der Waals surface area contributed by atoms with Crippen LogP contribution in [0.4, 0.5) is 4.79 Å². The number of nitrogens with one attached hydrogen (secondary N) is 1. The Morgan fingerprint density at radius 2 is 1.83 bits per heavy atom. The quantitative estimate of drug-likeness (QED) is 0.546. The summed E-state index contributed by atoms with van der Waals surface area (Å²) in [6, 6.07) is 15.9. The number of rotatable bonds is 9. The molecular formula is C23H28ClNO4. The van der Waals surface area contributed by atoms with Crippen molar-refractivity contribution in [1.29, 1.82) is 0 Å². The number of carbonyl (C=O) groups excluding carboxylic acids is 1. The van der Waals surface area contributed by atoms with Crippen molar-refractivity contribution in [2.75, 3.05) is 0 Å². The molecule has 0 aliphatic heterocycles. The molecule has 2 aromatic rings. The maximum Gasteiger partial charge on any atom is 0.408 e. The predicted octanol–water partition coefficient (Wildman–Crippen LogP) is 5.73. The molecule has 6 heteroatoms. The molecular weight excluding hydrogens is 390 g/mol. The largest absolute Gasteiger partial charge is 0.480 e. The zero-order chi connectivity index (χ0) is 21.4. The van der Waals surface area contributed by atoms with E-state index in [9.17, 15) is 14.7 Å². The van der Waals surface area contributed by atoms with Gasteiger partial charge in [-0.3, -0.25) is 0 Å². The second-order valence-corrected chi connectivity index (χ2v) is 8.04. The van der Waals surface area contributed by atoms with Crippen LogP contribution in [0, 0.1) is 0 Å². The normalized spacial score (nSPS) is 13.4. The second kappa shape index (κ2) is 10.3. The highest BCUT2D eigenvalue weighted by Crippen LogP contribution is 2.40. The lowest BCUT2D eigenvalue weighted by molar-refractivity contribution is -0.139. The minimum atomic E-state index is -1.07. The number of alkyl carbamates (subject to hydrolysis) is 1. The zero-order valence-corrected chi connectivity index (χ0v) is 17.8. The van der Waals surface area contributed by atoms with Crippen molar-refractivity contribution in [3.05, 3.63) is 70.7 Å². The lowest BCUT2D eigenvalue weighted by Gasteiger charge is -2.35. The van der Waals surface area contributed by atoms with Gasteiger partial charge in [-0.15, -0.1) is 0 Å². The van der Waals surface area contributed by atoms with E-state index in [1.165, 1.54) is 0 Å². The van der Waals surface area contributed by atoms with Gasteiger partial charge in [-0.1, -0.05) is 87.7 Å². The number of ether oxygens (including phenoxy) is 1. The maximum absolute atomic E-state index is 12.6. The number of unbranched alkanes of at least 4 members (excludes halogenated alkanes) is 1. The number of aliphatic carboxylic acids is 1. The Hall–Kier alpha value is -2.53. The third kappa shape index (κ3) is 6.23. The van der Waals surface area contributed by atoms with E-state index in [0.29, 0.717) is 17.9 Å². The fraction of sp³-hybridized carbons (Fsp3) is 0.391. The molecule has 1 amide bonds. The number of benzene rings is 2. The molecule has 2 aromatic carbocycles. The van der Waals surface area contributed by atoms with Crippen molar-refractivity contribution in [2.24, 2.45) is 0 Å². The van der Waals surface area contributed by atoms with Crippen LogP contribution in [0.15, 0.2) is 54.6 Å². The van der Waals surface area contributed by atoms with Gasteiger partial charge < -0.3 is 15.2 Å². The Balaban J connectivity index is 2.29. The summed E-state index contributed by atoms with van der Waals surface area (Å²) in [6.45, 7) is 5.90. The number of amides is 1. The lowest BCUT2D eigenvalue weighted by atomic mass is 9.76. The van der Waals surface area contributed by atoms with E-state index in [0.717, 1.165) is 17.5 Å². The van der Waals surface area contributed by atoms with Crippen molar-refractivity contribution in [2.45, 2.75) is 57.6 Å². The summed E-state index contributed by atoms with van der Waals surface area (Å²) in [6.07, 6.45) is 0.511. The first-order valence-corrected chi connectivity index (χ1v) is 10.1. The summed E-state index contributed by atoms with van der Waals surface area (Å²) in [5.74, 6) is -1.07. The molecule has 156 valence electrons. The first kappa shape index (κ1) is 22.8. The van der Waals surface area contributed by atoms with E-state index in [2.05, 4.69) is 5.32 Å². The molecule has 0 saturated heterocycles. The molecule has 0 heterocycles. The Morgan fingerprint density at radius 1 is 1.14 bits per heavy atom. The highest BCUT2D eigenvalue weighted by Gasteiger charge is 2.36. The van der Waals surface area contributed by atoms with E-state index in [4.69, 9.17) is 16.3 Å². The minimum absolute atomic E-state index is 0.356. The molecule has 0 fully saturated rings. The van der Waals surface area contributed by atoms with Crippen molar-refractivity contribution in [3.63, 3.8) is 0 Å². The van der Waals surface area contributed by atoms with Crippen LogP contribution in [-0.4, -0.2) is 23.2 Å². The number of hydrogen-bond acceptors (Lipinski definition) is 3. The van der Waals surface area contributed by atoms with Gasteiger partial charge in [-0.2, -0.15) is 0 Å². The van der Waals surface area contributed by atoms with E-state index in [1.807, 2.05) is 69.3 Å². The van der Waals surface area contributed by atoms with Gasteiger partial charge in [0.25, 0.3) is 0 Å². The van der Waals surface area contributed by atoms with Gasteiger partial charge in [-0.25, -0.2) is 9.59 Å². The second-order valence-electron chi connectivity index (χ2n) is 7.61. The van der Waals surface area contributed by atoms with Gasteiger partial charge in [0.1, 0.15) is 12.1 Å².